The number of carbonyl (C=O) groups excluding carboxylic acids is 1. The smallest absolute Gasteiger partial charge is 0.238 e. The SMILES string of the molecule is O=C(CNC1CC1)Nc1ccc(-n2ccnc2)nc1. The lowest BCUT2D eigenvalue weighted by Gasteiger charge is -2.06. The number of hydrogen-bond acceptors (Lipinski definition) is 4. The first kappa shape index (κ1) is 11.9. The Hall–Kier alpha value is -2.21. The van der Waals surface area contributed by atoms with Crippen molar-refractivity contribution in [2.24, 2.45) is 0 Å². The Kier molecular flexibility index (Phi) is 3.24. The number of amides is 1. The summed E-state index contributed by atoms with van der Waals surface area (Å²) in [6, 6.07) is 4.20. The van der Waals surface area contributed by atoms with E-state index in [1.54, 1.807) is 23.3 Å². The molecule has 1 amide bonds. The lowest BCUT2D eigenvalue weighted by molar-refractivity contribution is -0.115. The van der Waals surface area contributed by atoms with Gasteiger partial charge in [0, 0.05) is 18.4 Å². The molecule has 2 N–H and O–H groups in total. The summed E-state index contributed by atoms with van der Waals surface area (Å²) >= 11 is 0. The van der Waals surface area contributed by atoms with Gasteiger partial charge in [-0.3, -0.25) is 9.36 Å². The number of hydrogen-bond donors (Lipinski definition) is 2. The second-order valence-electron chi connectivity index (χ2n) is 4.58. The Morgan fingerprint density at radius 1 is 1.42 bits per heavy atom. The zero-order valence-corrected chi connectivity index (χ0v) is 10.4. The first-order chi connectivity index (χ1) is 9.31. The van der Waals surface area contributed by atoms with Gasteiger partial charge >= 0.3 is 0 Å². The fourth-order valence-corrected chi connectivity index (χ4v) is 1.74. The largest absolute Gasteiger partial charge is 0.324 e. The second kappa shape index (κ2) is 5.19. The molecule has 1 aliphatic rings. The van der Waals surface area contributed by atoms with Crippen LogP contribution in [0, 0.1) is 0 Å². The van der Waals surface area contributed by atoms with Crippen molar-refractivity contribution in [2.45, 2.75) is 18.9 Å². The Balaban J connectivity index is 1.57. The summed E-state index contributed by atoms with van der Waals surface area (Å²) in [4.78, 5) is 19.9. The molecule has 2 heterocycles. The van der Waals surface area contributed by atoms with E-state index in [1.165, 1.54) is 12.8 Å². The maximum absolute atomic E-state index is 11.6. The first-order valence-corrected chi connectivity index (χ1v) is 6.29. The van der Waals surface area contributed by atoms with Crippen molar-refractivity contribution in [3.8, 4) is 5.82 Å². The van der Waals surface area contributed by atoms with Gasteiger partial charge in [0.15, 0.2) is 0 Å². The molecule has 6 heteroatoms. The molecule has 98 valence electrons. The minimum absolute atomic E-state index is 0.0379. The molecule has 0 unspecified atom stereocenters. The van der Waals surface area contributed by atoms with E-state index in [4.69, 9.17) is 0 Å². The van der Waals surface area contributed by atoms with Crippen molar-refractivity contribution in [1.29, 1.82) is 0 Å². The van der Waals surface area contributed by atoms with Crippen LogP contribution in [0.5, 0.6) is 0 Å². The summed E-state index contributed by atoms with van der Waals surface area (Å²) in [6.07, 6.45) is 9.19. The molecular weight excluding hydrogens is 242 g/mol. The Bertz CT molecular complexity index is 545. The Labute approximate surface area is 110 Å². The minimum atomic E-state index is -0.0379. The van der Waals surface area contributed by atoms with E-state index < -0.39 is 0 Å². The van der Waals surface area contributed by atoms with E-state index in [9.17, 15) is 4.79 Å². The number of aromatic nitrogens is 3. The van der Waals surface area contributed by atoms with Gasteiger partial charge in [-0.25, -0.2) is 9.97 Å². The number of nitrogens with zero attached hydrogens (tertiary/aromatic N) is 3. The van der Waals surface area contributed by atoms with E-state index >= 15 is 0 Å². The minimum Gasteiger partial charge on any atom is -0.324 e. The number of imidazole rings is 1. The van der Waals surface area contributed by atoms with Crippen LogP contribution in [0.3, 0.4) is 0 Å². The van der Waals surface area contributed by atoms with Gasteiger partial charge in [-0.2, -0.15) is 0 Å². The summed E-state index contributed by atoms with van der Waals surface area (Å²) in [5.41, 5.74) is 0.700. The molecule has 1 fully saturated rings. The lowest BCUT2D eigenvalue weighted by Crippen LogP contribution is -2.29. The van der Waals surface area contributed by atoms with Crippen LogP contribution in [0.4, 0.5) is 5.69 Å². The number of anilines is 1. The third-order valence-electron chi connectivity index (χ3n) is 2.93. The van der Waals surface area contributed by atoms with Crippen molar-refractivity contribution in [3.63, 3.8) is 0 Å². The van der Waals surface area contributed by atoms with Crippen LogP contribution in [0.1, 0.15) is 12.8 Å². The summed E-state index contributed by atoms with van der Waals surface area (Å²) in [7, 11) is 0. The van der Waals surface area contributed by atoms with E-state index in [-0.39, 0.29) is 5.91 Å². The van der Waals surface area contributed by atoms with Crippen LogP contribution >= 0.6 is 0 Å². The molecule has 0 saturated heterocycles. The molecule has 6 nitrogen and oxygen atoms in total. The summed E-state index contributed by atoms with van der Waals surface area (Å²) in [5, 5.41) is 5.97. The van der Waals surface area contributed by atoms with E-state index in [1.807, 2.05) is 18.3 Å². The van der Waals surface area contributed by atoms with Crippen molar-refractivity contribution in [2.75, 3.05) is 11.9 Å². The molecule has 2 aromatic heterocycles. The summed E-state index contributed by atoms with van der Waals surface area (Å²) in [6.45, 7) is 0.355. The molecule has 0 spiro atoms. The maximum Gasteiger partial charge on any atom is 0.238 e. The zero-order chi connectivity index (χ0) is 13.1. The van der Waals surface area contributed by atoms with Gasteiger partial charge < -0.3 is 10.6 Å². The number of pyridine rings is 1. The predicted octanol–water partition coefficient (Wildman–Crippen LogP) is 0.958. The Morgan fingerprint density at radius 3 is 2.95 bits per heavy atom. The maximum atomic E-state index is 11.6. The Morgan fingerprint density at radius 2 is 2.32 bits per heavy atom. The first-order valence-electron chi connectivity index (χ1n) is 6.29. The summed E-state index contributed by atoms with van der Waals surface area (Å²) in [5.74, 6) is 0.732. The van der Waals surface area contributed by atoms with Gasteiger partial charge in [0.25, 0.3) is 0 Å². The standard InChI is InChI=1S/C13H15N5O/c19-13(8-15-10-1-2-10)17-11-3-4-12(16-7-11)18-6-5-14-9-18/h3-7,9-10,15H,1-2,8H2,(H,17,19). The third kappa shape index (κ3) is 3.17. The topological polar surface area (TPSA) is 71.8 Å². The molecule has 0 bridgehead atoms. The molecule has 3 rings (SSSR count). The molecular formula is C13H15N5O. The highest BCUT2D eigenvalue weighted by molar-refractivity contribution is 5.92. The van der Waals surface area contributed by atoms with Crippen molar-refractivity contribution < 1.29 is 4.79 Å². The third-order valence-corrected chi connectivity index (χ3v) is 2.93. The van der Waals surface area contributed by atoms with Crippen molar-refractivity contribution in [1.82, 2.24) is 19.9 Å². The molecule has 0 aliphatic heterocycles. The van der Waals surface area contributed by atoms with Gasteiger partial charge in [0.2, 0.25) is 5.91 Å². The summed E-state index contributed by atoms with van der Waals surface area (Å²) < 4.78 is 1.81. The molecule has 0 aromatic carbocycles. The van der Waals surface area contributed by atoms with Crippen LogP contribution in [-0.2, 0) is 4.79 Å². The fraction of sp³-hybridized carbons (Fsp3) is 0.308. The van der Waals surface area contributed by atoms with E-state index in [0.29, 0.717) is 18.3 Å². The highest BCUT2D eigenvalue weighted by Gasteiger charge is 2.21. The van der Waals surface area contributed by atoms with Gasteiger partial charge in [-0.1, -0.05) is 0 Å². The number of carbonyl (C=O) groups is 1. The van der Waals surface area contributed by atoms with E-state index in [2.05, 4.69) is 20.6 Å². The van der Waals surface area contributed by atoms with Gasteiger partial charge in [0.1, 0.15) is 12.1 Å². The van der Waals surface area contributed by atoms with Crippen LogP contribution in [0.15, 0.2) is 37.1 Å². The van der Waals surface area contributed by atoms with Gasteiger partial charge in [-0.05, 0) is 25.0 Å². The molecule has 0 radical (unpaired) electrons. The molecule has 1 aliphatic carbocycles. The van der Waals surface area contributed by atoms with Crippen molar-refractivity contribution >= 4 is 11.6 Å². The second-order valence-corrected chi connectivity index (χ2v) is 4.58. The van der Waals surface area contributed by atoms with Gasteiger partial charge in [0.05, 0.1) is 18.4 Å². The van der Waals surface area contributed by atoms with E-state index in [0.717, 1.165) is 5.82 Å². The van der Waals surface area contributed by atoms with Crippen LogP contribution in [0.25, 0.3) is 5.82 Å². The van der Waals surface area contributed by atoms with Crippen LogP contribution in [-0.4, -0.2) is 33.0 Å². The molecule has 1 saturated carbocycles. The zero-order valence-electron chi connectivity index (χ0n) is 10.4. The highest BCUT2D eigenvalue weighted by Crippen LogP contribution is 2.18. The van der Waals surface area contributed by atoms with Gasteiger partial charge in [-0.15, -0.1) is 0 Å². The fourth-order valence-electron chi connectivity index (χ4n) is 1.74. The van der Waals surface area contributed by atoms with Crippen LogP contribution in [0.2, 0.25) is 0 Å². The molecule has 2 aromatic rings. The van der Waals surface area contributed by atoms with Crippen molar-refractivity contribution in [3.05, 3.63) is 37.1 Å². The lowest BCUT2D eigenvalue weighted by atomic mass is 10.4. The average molecular weight is 257 g/mol. The number of nitrogens with one attached hydrogen (secondary N) is 2. The quantitative estimate of drug-likeness (QED) is 0.836. The molecule has 19 heavy (non-hydrogen) atoms. The average Bonchev–Trinajstić information content (AvgIpc) is 3.10. The normalized spacial score (nSPS) is 14.3. The highest BCUT2D eigenvalue weighted by atomic mass is 16.1. The predicted molar refractivity (Wildman–Crippen MR) is 71.0 cm³/mol. The molecule has 0 atom stereocenters. The van der Waals surface area contributed by atoms with Crippen LogP contribution < -0.4 is 10.6 Å². The number of rotatable bonds is 5. The monoisotopic (exact) mass is 257 g/mol.